The summed E-state index contributed by atoms with van der Waals surface area (Å²) in [4.78, 5) is 15.0. The minimum absolute atomic E-state index is 0.0172. The number of benzene rings is 8. The van der Waals surface area contributed by atoms with Gasteiger partial charge in [0, 0.05) is 38.9 Å². The van der Waals surface area contributed by atoms with Crippen molar-refractivity contribution >= 4 is 0 Å². The number of alkyl halides is 2. The molecule has 2 aromatic heterocycles. The SMILES string of the molecule is FC1(F)c2ccc(-c3ccc(-c4cc(-c5ccccc5)cc(-c5ccccc5)n4)cc3)cc2-c2cc(-c3ccc(-c4nc(-c5ccccc5)cc(-c5ccccc5)n4)cc3)ccc21. The van der Waals surface area contributed by atoms with Crippen LogP contribution in [0.5, 0.6) is 0 Å². The lowest BCUT2D eigenvalue weighted by Gasteiger charge is -2.13. The Labute approximate surface area is 364 Å². The van der Waals surface area contributed by atoms with E-state index >= 15 is 8.78 Å². The van der Waals surface area contributed by atoms with E-state index in [-0.39, 0.29) is 11.1 Å². The maximum Gasteiger partial charge on any atom is 0.299 e. The Kier molecular flexibility index (Phi) is 9.43. The highest BCUT2D eigenvalue weighted by Gasteiger charge is 2.44. The number of hydrogen-bond acceptors (Lipinski definition) is 3. The van der Waals surface area contributed by atoms with E-state index in [2.05, 4.69) is 48.5 Å². The second-order valence-corrected chi connectivity index (χ2v) is 15.8. The molecule has 0 spiro atoms. The third-order valence-corrected chi connectivity index (χ3v) is 11.9. The van der Waals surface area contributed by atoms with Crippen molar-refractivity contribution in [2.24, 2.45) is 0 Å². The molecule has 0 aliphatic heterocycles. The fourth-order valence-electron chi connectivity index (χ4n) is 8.55. The summed E-state index contributed by atoms with van der Waals surface area (Å²) in [5.41, 5.74) is 15.2. The predicted octanol–water partition coefficient (Wildman–Crippen LogP) is 15.3. The number of rotatable bonds is 8. The molecule has 8 aromatic carbocycles. The lowest BCUT2D eigenvalue weighted by molar-refractivity contribution is 0.0480. The van der Waals surface area contributed by atoms with E-state index < -0.39 is 5.92 Å². The van der Waals surface area contributed by atoms with Crippen LogP contribution in [0.1, 0.15) is 11.1 Å². The van der Waals surface area contributed by atoms with Crippen LogP contribution in [0, 0.1) is 0 Å². The Balaban J connectivity index is 0.909. The fourth-order valence-corrected chi connectivity index (χ4v) is 8.55. The molecular weight excluding hydrogens is 777 g/mol. The first kappa shape index (κ1) is 37.8. The normalized spacial score (nSPS) is 12.4. The Morgan fingerprint density at radius 1 is 0.254 bits per heavy atom. The zero-order valence-electron chi connectivity index (χ0n) is 34.0. The standard InChI is InChI=1S/C58H37F2N3/c59-58(60)51-31-29-46(39-21-25-44(26-22-39)54-36-48(38-13-5-1-6-14-38)35-53(61-54)41-15-7-2-8-16-41)33-49(51)50-34-47(30-32-52(50)58)40-23-27-45(28-24-40)57-62-55(42-17-9-3-10-18-42)37-56(63-57)43-19-11-4-12-20-43/h1-37H. The van der Waals surface area contributed by atoms with Crippen LogP contribution in [-0.4, -0.2) is 15.0 Å². The van der Waals surface area contributed by atoms with E-state index in [4.69, 9.17) is 15.0 Å². The van der Waals surface area contributed by atoms with Crippen molar-refractivity contribution in [3.05, 3.63) is 236 Å². The van der Waals surface area contributed by atoms with E-state index in [1.54, 1.807) is 24.3 Å². The van der Waals surface area contributed by atoms with Crippen LogP contribution < -0.4 is 0 Å². The Bertz CT molecular complexity index is 2920. The molecule has 0 amide bonds. The maximum absolute atomic E-state index is 16.1. The zero-order valence-corrected chi connectivity index (χ0v) is 34.0. The average molecular weight is 814 g/mol. The Hall–Kier alpha value is -8.15. The fraction of sp³-hybridized carbons (Fsp3) is 0.0172. The largest absolute Gasteiger partial charge is 0.299 e. The first-order valence-electron chi connectivity index (χ1n) is 21.0. The van der Waals surface area contributed by atoms with Gasteiger partial charge in [0.1, 0.15) is 0 Å². The number of fused-ring (bicyclic) bond motifs is 3. The molecule has 10 aromatic rings. The van der Waals surface area contributed by atoms with E-state index in [0.29, 0.717) is 17.0 Å². The third kappa shape index (κ3) is 7.19. The highest BCUT2D eigenvalue weighted by Crippen LogP contribution is 2.53. The summed E-state index contributed by atoms with van der Waals surface area (Å²) in [6.07, 6.45) is 0. The van der Waals surface area contributed by atoms with Crippen LogP contribution in [-0.2, 0) is 5.92 Å². The van der Waals surface area contributed by atoms with Crippen LogP contribution in [0.25, 0.3) is 101 Å². The van der Waals surface area contributed by atoms with Gasteiger partial charge in [0.05, 0.1) is 22.8 Å². The molecule has 0 saturated carbocycles. The molecule has 0 radical (unpaired) electrons. The van der Waals surface area contributed by atoms with Crippen LogP contribution >= 0.6 is 0 Å². The molecule has 0 bridgehead atoms. The van der Waals surface area contributed by atoms with Crippen molar-refractivity contribution in [3.8, 4) is 101 Å². The third-order valence-electron chi connectivity index (χ3n) is 11.9. The molecule has 0 N–H and O–H groups in total. The van der Waals surface area contributed by atoms with Gasteiger partial charge < -0.3 is 0 Å². The summed E-state index contributed by atoms with van der Waals surface area (Å²) in [5, 5.41) is 0. The quantitative estimate of drug-likeness (QED) is 0.153. The van der Waals surface area contributed by atoms with Gasteiger partial charge in [-0.1, -0.05) is 194 Å². The first-order chi connectivity index (χ1) is 30.9. The molecule has 2 heterocycles. The minimum Gasteiger partial charge on any atom is -0.248 e. The van der Waals surface area contributed by atoms with Crippen molar-refractivity contribution < 1.29 is 8.78 Å². The molecule has 5 heteroatoms. The molecule has 298 valence electrons. The van der Waals surface area contributed by atoms with Crippen LogP contribution in [0.4, 0.5) is 8.78 Å². The molecule has 11 rings (SSSR count). The predicted molar refractivity (Wildman–Crippen MR) is 252 cm³/mol. The molecule has 1 aliphatic carbocycles. The van der Waals surface area contributed by atoms with Gasteiger partial charge in [0.25, 0.3) is 5.92 Å². The Morgan fingerprint density at radius 3 is 1.00 bits per heavy atom. The average Bonchev–Trinajstić information content (AvgIpc) is 3.59. The van der Waals surface area contributed by atoms with E-state index in [1.165, 1.54) is 0 Å². The van der Waals surface area contributed by atoms with Crippen molar-refractivity contribution in [3.63, 3.8) is 0 Å². The first-order valence-corrected chi connectivity index (χ1v) is 21.0. The van der Waals surface area contributed by atoms with E-state index in [9.17, 15) is 0 Å². The summed E-state index contributed by atoms with van der Waals surface area (Å²) in [6, 6.07) is 73.7. The topological polar surface area (TPSA) is 38.7 Å². The smallest absolute Gasteiger partial charge is 0.248 e. The van der Waals surface area contributed by atoms with Gasteiger partial charge in [-0.2, -0.15) is 8.78 Å². The highest BCUT2D eigenvalue weighted by molar-refractivity contribution is 5.87. The van der Waals surface area contributed by atoms with E-state index in [0.717, 1.165) is 84.0 Å². The van der Waals surface area contributed by atoms with Gasteiger partial charge in [-0.3, -0.25) is 0 Å². The van der Waals surface area contributed by atoms with Gasteiger partial charge in [0.2, 0.25) is 0 Å². The highest BCUT2D eigenvalue weighted by atomic mass is 19.3. The number of aromatic nitrogens is 3. The van der Waals surface area contributed by atoms with Crippen molar-refractivity contribution in [2.75, 3.05) is 0 Å². The number of hydrogen-bond donors (Lipinski definition) is 0. The second-order valence-electron chi connectivity index (χ2n) is 15.8. The minimum atomic E-state index is -3.11. The van der Waals surface area contributed by atoms with Crippen molar-refractivity contribution in [1.82, 2.24) is 15.0 Å². The van der Waals surface area contributed by atoms with Gasteiger partial charge in [-0.15, -0.1) is 0 Å². The summed E-state index contributed by atoms with van der Waals surface area (Å²) >= 11 is 0. The van der Waals surface area contributed by atoms with Crippen LogP contribution in [0.3, 0.4) is 0 Å². The number of pyridine rings is 1. The lowest BCUT2D eigenvalue weighted by Crippen LogP contribution is -2.10. The molecule has 0 fully saturated rings. The zero-order chi connectivity index (χ0) is 42.3. The second kappa shape index (κ2) is 15.7. The van der Waals surface area contributed by atoms with Gasteiger partial charge in [-0.05, 0) is 74.8 Å². The summed E-state index contributed by atoms with van der Waals surface area (Å²) in [7, 11) is 0. The summed E-state index contributed by atoms with van der Waals surface area (Å²) < 4.78 is 32.2. The number of halogens is 2. The van der Waals surface area contributed by atoms with Gasteiger partial charge in [0.15, 0.2) is 5.82 Å². The molecule has 0 saturated heterocycles. The van der Waals surface area contributed by atoms with Gasteiger partial charge in [-0.25, -0.2) is 15.0 Å². The van der Waals surface area contributed by atoms with Crippen LogP contribution in [0.15, 0.2) is 224 Å². The molecular formula is C58H37F2N3. The molecule has 63 heavy (non-hydrogen) atoms. The Morgan fingerprint density at radius 2 is 0.571 bits per heavy atom. The van der Waals surface area contributed by atoms with Crippen molar-refractivity contribution in [1.29, 1.82) is 0 Å². The summed E-state index contributed by atoms with van der Waals surface area (Å²) in [5.74, 6) is -2.50. The summed E-state index contributed by atoms with van der Waals surface area (Å²) in [6.45, 7) is 0. The van der Waals surface area contributed by atoms with E-state index in [1.807, 2.05) is 152 Å². The number of nitrogens with zero attached hydrogens (tertiary/aromatic N) is 3. The van der Waals surface area contributed by atoms with Crippen LogP contribution in [0.2, 0.25) is 0 Å². The monoisotopic (exact) mass is 813 g/mol. The van der Waals surface area contributed by atoms with Gasteiger partial charge >= 0.3 is 0 Å². The van der Waals surface area contributed by atoms with Crippen molar-refractivity contribution in [2.45, 2.75) is 5.92 Å². The molecule has 0 atom stereocenters. The lowest BCUT2D eigenvalue weighted by atomic mass is 9.95. The maximum atomic E-state index is 16.1. The molecule has 3 nitrogen and oxygen atoms in total. The molecule has 0 unspecified atom stereocenters. The molecule has 1 aliphatic rings.